The van der Waals surface area contributed by atoms with Crippen molar-refractivity contribution >= 4 is 5.97 Å². The Morgan fingerprint density at radius 2 is 0.935 bits per heavy atom. The van der Waals surface area contributed by atoms with Gasteiger partial charge in [-0.3, -0.25) is 4.79 Å². The summed E-state index contributed by atoms with van der Waals surface area (Å²) >= 11 is 0. The molecule has 0 aromatic carbocycles. The van der Waals surface area contributed by atoms with Crippen LogP contribution in [0.4, 0.5) is 0 Å². The first-order valence-corrected chi connectivity index (χ1v) is 25.7. The van der Waals surface area contributed by atoms with Gasteiger partial charge in [-0.25, -0.2) is 0 Å². The molecule has 1 saturated heterocycles. The number of esters is 1. The Kier molecular flexibility index (Phi) is 41.6. The van der Waals surface area contributed by atoms with Crippen LogP contribution in [0.25, 0.3) is 0 Å². The van der Waals surface area contributed by atoms with E-state index >= 15 is 0 Å². The lowest BCUT2D eigenvalue weighted by Gasteiger charge is -2.39. The summed E-state index contributed by atoms with van der Waals surface area (Å²) < 4.78 is 22.9. The predicted octanol–water partition coefficient (Wildman–Crippen LogP) is 12.5. The zero-order valence-electron chi connectivity index (χ0n) is 39.9. The molecule has 6 atom stereocenters. The molecule has 0 radical (unpaired) electrons. The van der Waals surface area contributed by atoms with Gasteiger partial charge in [0.25, 0.3) is 0 Å². The molecule has 6 unspecified atom stereocenters. The van der Waals surface area contributed by atoms with Gasteiger partial charge < -0.3 is 39.4 Å². The van der Waals surface area contributed by atoms with Crippen molar-refractivity contribution in [3.8, 4) is 0 Å². The number of hydrogen-bond donors (Lipinski definition) is 4. The minimum absolute atomic E-state index is 0.117. The van der Waals surface area contributed by atoms with Gasteiger partial charge in [0.15, 0.2) is 6.29 Å². The first-order chi connectivity index (χ1) is 30.4. The van der Waals surface area contributed by atoms with Crippen LogP contribution in [0.1, 0.15) is 219 Å². The van der Waals surface area contributed by atoms with E-state index in [0.29, 0.717) is 13.0 Å². The second-order valence-corrected chi connectivity index (χ2v) is 17.6. The number of rotatable bonds is 44. The summed E-state index contributed by atoms with van der Waals surface area (Å²) in [6, 6.07) is 0. The Hall–Kier alpha value is -1.85. The van der Waals surface area contributed by atoms with Crippen LogP contribution in [-0.2, 0) is 23.7 Å². The lowest BCUT2D eigenvalue weighted by molar-refractivity contribution is -0.305. The quantitative estimate of drug-likeness (QED) is 0.0268. The molecule has 1 rings (SSSR count). The Balaban J connectivity index is 2.19. The first kappa shape index (κ1) is 58.2. The summed E-state index contributed by atoms with van der Waals surface area (Å²) in [4.78, 5) is 12.8. The van der Waals surface area contributed by atoms with Crippen molar-refractivity contribution in [3.63, 3.8) is 0 Å². The summed E-state index contributed by atoms with van der Waals surface area (Å²) in [7, 11) is 0. The van der Waals surface area contributed by atoms with Crippen molar-refractivity contribution in [2.24, 2.45) is 0 Å². The zero-order chi connectivity index (χ0) is 45.0. The normalized spacial score (nSPS) is 20.1. The third-order valence-corrected chi connectivity index (χ3v) is 11.7. The Bertz CT molecular complexity index is 1090. The molecule has 1 aliphatic heterocycles. The summed E-state index contributed by atoms with van der Waals surface area (Å²) in [5.74, 6) is -0.319. The molecule has 0 aromatic heterocycles. The van der Waals surface area contributed by atoms with Crippen LogP contribution >= 0.6 is 0 Å². The summed E-state index contributed by atoms with van der Waals surface area (Å²) in [5.41, 5.74) is 0. The number of hydrogen-bond acceptors (Lipinski definition) is 9. The SMILES string of the molecule is CCCCCC/C=C\CCCCCCCCOCC(COC1OC(CO)C(O)C(O)C1O)OC(=O)CCCCCCCCCCCC/C=C\C/C=C\C/C=C\CCCCCCC. The van der Waals surface area contributed by atoms with Crippen molar-refractivity contribution in [1.29, 1.82) is 0 Å². The molecule has 0 bridgehead atoms. The van der Waals surface area contributed by atoms with Crippen LogP contribution in [0.5, 0.6) is 0 Å². The predicted molar refractivity (Wildman–Crippen MR) is 256 cm³/mol. The highest BCUT2D eigenvalue weighted by molar-refractivity contribution is 5.69. The van der Waals surface area contributed by atoms with E-state index in [2.05, 4.69) is 62.5 Å². The number of carbonyl (C=O) groups is 1. The van der Waals surface area contributed by atoms with E-state index in [9.17, 15) is 25.2 Å². The molecule has 0 amide bonds. The number of aliphatic hydroxyl groups is 4. The standard InChI is InChI=1S/C53H96O9/c1-3-5-7-9-11-13-15-17-19-20-21-22-23-24-25-26-27-28-29-30-32-34-36-38-40-42-49(55)61-47(46-60-53-52(58)51(57)50(56)48(44-54)62-53)45-59-43-41-39-37-35-33-31-18-16-14-12-10-8-6-4-2/h14-17,20-21,23-24,47-48,50-54,56-58H,3-13,18-19,22,25-46H2,1-2H3/b16-14-,17-15-,21-20-,24-23-. The lowest BCUT2D eigenvalue weighted by Crippen LogP contribution is -2.59. The van der Waals surface area contributed by atoms with Gasteiger partial charge in [0.2, 0.25) is 0 Å². The number of allylic oxidation sites excluding steroid dienone is 8. The highest BCUT2D eigenvalue weighted by atomic mass is 16.7. The van der Waals surface area contributed by atoms with E-state index < -0.39 is 43.4 Å². The topological polar surface area (TPSA) is 135 Å². The van der Waals surface area contributed by atoms with Crippen LogP contribution in [0, 0.1) is 0 Å². The van der Waals surface area contributed by atoms with E-state index in [4.69, 9.17) is 18.9 Å². The van der Waals surface area contributed by atoms with Crippen LogP contribution in [0.3, 0.4) is 0 Å². The molecular weight excluding hydrogens is 781 g/mol. The molecule has 9 heteroatoms. The van der Waals surface area contributed by atoms with E-state index in [0.717, 1.165) is 51.4 Å². The van der Waals surface area contributed by atoms with Crippen LogP contribution in [0.2, 0.25) is 0 Å². The number of ether oxygens (including phenoxy) is 4. The third kappa shape index (κ3) is 34.5. The number of carbonyl (C=O) groups excluding carboxylic acids is 1. The largest absolute Gasteiger partial charge is 0.457 e. The molecule has 1 heterocycles. The van der Waals surface area contributed by atoms with Crippen LogP contribution in [-0.4, -0.2) is 89.6 Å². The van der Waals surface area contributed by atoms with E-state index in [1.807, 2.05) is 0 Å². The smallest absolute Gasteiger partial charge is 0.306 e. The maximum atomic E-state index is 12.8. The van der Waals surface area contributed by atoms with Gasteiger partial charge in [-0.2, -0.15) is 0 Å². The molecule has 1 aliphatic rings. The second-order valence-electron chi connectivity index (χ2n) is 17.6. The van der Waals surface area contributed by atoms with Gasteiger partial charge in [-0.15, -0.1) is 0 Å². The summed E-state index contributed by atoms with van der Waals surface area (Å²) in [5, 5.41) is 40.2. The van der Waals surface area contributed by atoms with Gasteiger partial charge in [-0.1, -0.05) is 184 Å². The average molecular weight is 877 g/mol. The molecule has 362 valence electrons. The zero-order valence-corrected chi connectivity index (χ0v) is 39.9. The maximum absolute atomic E-state index is 12.8. The van der Waals surface area contributed by atoms with Crippen LogP contribution in [0.15, 0.2) is 48.6 Å². The Morgan fingerprint density at radius 3 is 1.44 bits per heavy atom. The van der Waals surface area contributed by atoms with Gasteiger partial charge in [-0.05, 0) is 77.0 Å². The van der Waals surface area contributed by atoms with Gasteiger partial charge in [0.05, 0.1) is 19.8 Å². The number of aliphatic hydroxyl groups excluding tert-OH is 4. The Morgan fingerprint density at radius 1 is 0.516 bits per heavy atom. The summed E-state index contributed by atoms with van der Waals surface area (Å²) in [6.45, 7) is 4.53. The molecule has 9 nitrogen and oxygen atoms in total. The van der Waals surface area contributed by atoms with Crippen molar-refractivity contribution in [2.75, 3.05) is 26.4 Å². The van der Waals surface area contributed by atoms with Crippen molar-refractivity contribution in [3.05, 3.63) is 48.6 Å². The average Bonchev–Trinajstić information content (AvgIpc) is 3.27. The Labute approximate surface area is 380 Å². The molecule has 62 heavy (non-hydrogen) atoms. The molecule has 0 spiro atoms. The molecule has 4 N–H and O–H groups in total. The van der Waals surface area contributed by atoms with Gasteiger partial charge in [0.1, 0.15) is 30.5 Å². The number of unbranched alkanes of at least 4 members (excludes halogenated alkanes) is 25. The molecular formula is C53H96O9. The highest BCUT2D eigenvalue weighted by Crippen LogP contribution is 2.23. The van der Waals surface area contributed by atoms with Crippen molar-refractivity contribution < 1.29 is 44.2 Å². The van der Waals surface area contributed by atoms with E-state index in [1.165, 1.54) is 148 Å². The minimum atomic E-state index is -1.54. The molecule has 1 fully saturated rings. The van der Waals surface area contributed by atoms with E-state index in [1.54, 1.807) is 0 Å². The molecule has 0 saturated carbocycles. The van der Waals surface area contributed by atoms with Crippen molar-refractivity contribution in [2.45, 2.75) is 256 Å². The highest BCUT2D eigenvalue weighted by Gasteiger charge is 2.44. The molecule has 0 aliphatic carbocycles. The fourth-order valence-corrected chi connectivity index (χ4v) is 7.67. The van der Waals surface area contributed by atoms with Gasteiger partial charge in [0, 0.05) is 13.0 Å². The summed E-state index contributed by atoms with van der Waals surface area (Å²) in [6.07, 6.45) is 48.6. The third-order valence-electron chi connectivity index (χ3n) is 11.7. The van der Waals surface area contributed by atoms with E-state index in [-0.39, 0.29) is 19.2 Å². The lowest BCUT2D eigenvalue weighted by atomic mass is 9.99. The minimum Gasteiger partial charge on any atom is -0.457 e. The van der Waals surface area contributed by atoms with Crippen molar-refractivity contribution in [1.82, 2.24) is 0 Å². The first-order valence-electron chi connectivity index (χ1n) is 25.7. The van der Waals surface area contributed by atoms with Crippen LogP contribution < -0.4 is 0 Å². The fourth-order valence-electron chi connectivity index (χ4n) is 7.67. The fraction of sp³-hybridized carbons (Fsp3) is 0.830. The molecule has 0 aromatic rings. The van der Waals surface area contributed by atoms with Gasteiger partial charge >= 0.3 is 5.97 Å². The monoisotopic (exact) mass is 877 g/mol. The second kappa shape index (κ2) is 44.4. The maximum Gasteiger partial charge on any atom is 0.306 e.